The second-order valence-electron chi connectivity index (χ2n) is 5.41. The largest absolute Gasteiger partial charge is 0.497 e. The highest BCUT2D eigenvalue weighted by molar-refractivity contribution is 5.70. The van der Waals surface area contributed by atoms with E-state index < -0.39 is 0 Å². The molecule has 0 radical (unpaired) electrons. The van der Waals surface area contributed by atoms with Crippen molar-refractivity contribution in [3.05, 3.63) is 65.7 Å². The van der Waals surface area contributed by atoms with Gasteiger partial charge in [-0.1, -0.05) is 42.5 Å². The molecule has 1 N–H and O–H groups in total. The Balaban J connectivity index is 2.17. The van der Waals surface area contributed by atoms with Gasteiger partial charge in [-0.15, -0.1) is 0 Å². The normalized spacial score (nSPS) is 13.2. The number of benzene rings is 2. The minimum absolute atomic E-state index is 0.118. The Labute approximate surface area is 137 Å². The van der Waals surface area contributed by atoms with E-state index in [1.807, 2.05) is 42.5 Å². The monoisotopic (exact) mass is 313 g/mol. The van der Waals surface area contributed by atoms with Crippen LogP contribution in [0.4, 0.5) is 0 Å². The Morgan fingerprint density at radius 1 is 1.00 bits per heavy atom. The van der Waals surface area contributed by atoms with E-state index in [2.05, 4.69) is 24.4 Å². The number of carbonyl (C=O) groups excluding carboxylic acids is 1. The van der Waals surface area contributed by atoms with Gasteiger partial charge < -0.3 is 14.8 Å². The molecule has 4 heteroatoms. The zero-order valence-corrected chi connectivity index (χ0v) is 13.8. The van der Waals surface area contributed by atoms with Gasteiger partial charge in [-0.3, -0.25) is 4.79 Å². The fraction of sp³-hybridized carbons (Fsp3) is 0.316. The summed E-state index contributed by atoms with van der Waals surface area (Å²) in [7, 11) is 3.05. The minimum atomic E-state index is -0.237. The summed E-state index contributed by atoms with van der Waals surface area (Å²) < 4.78 is 10.0. The Kier molecular flexibility index (Phi) is 6.18. The molecule has 2 atom stereocenters. The van der Waals surface area contributed by atoms with Crippen molar-refractivity contribution in [2.75, 3.05) is 14.2 Å². The van der Waals surface area contributed by atoms with E-state index in [1.165, 1.54) is 12.7 Å². The molecule has 0 unspecified atom stereocenters. The summed E-state index contributed by atoms with van der Waals surface area (Å²) in [5.41, 5.74) is 2.20. The quantitative estimate of drug-likeness (QED) is 0.793. The van der Waals surface area contributed by atoms with Crippen LogP contribution in [0.25, 0.3) is 0 Å². The molecule has 0 heterocycles. The third-order valence-electron chi connectivity index (χ3n) is 3.87. The van der Waals surface area contributed by atoms with Gasteiger partial charge in [0.05, 0.1) is 20.6 Å². The van der Waals surface area contributed by atoms with Crippen LogP contribution in [0.5, 0.6) is 5.75 Å². The summed E-state index contributed by atoms with van der Waals surface area (Å²) >= 11 is 0. The van der Waals surface area contributed by atoms with Gasteiger partial charge in [0.2, 0.25) is 0 Å². The van der Waals surface area contributed by atoms with Gasteiger partial charge in [0.15, 0.2) is 0 Å². The first-order valence-electron chi connectivity index (χ1n) is 7.65. The molecule has 0 bridgehead atoms. The maximum Gasteiger partial charge on any atom is 0.307 e. The van der Waals surface area contributed by atoms with E-state index in [1.54, 1.807) is 7.11 Å². The maximum atomic E-state index is 11.7. The molecule has 0 aliphatic rings. The lowest BCUT2D eigenvalue weighted by Crippen LogP contribution is -2.27. The number of hydrogen-bond donors (Lipinski definition) is 1. The highest BCUT2D eigenvalue weighted by Crippen LogP contribution is 2.24. The number of hydrogen-bond acceptors (Lipinski definition) is 4. The molecule has 0 aromatic heterocycles. The number of methoxy groups -OCH3 is 2. The molecule has 23 heavy (non-hydrogen) atoms. The van der Waals surface area contributed by atoms with Gasteiger partial charge in [0.1, 0.15) is 5.75 Å². The molecule has 2 aromatic rings. The SMILES string of the molecule is COC(=O)C[C@@H](N[C@H](C)c1ccccc1)c1ccc(OC)cc1. The molecule has 0 amide bonds. The number of carbonyl (C=O) groups is 1. The summed E-state index contributed by atoms with van der Waals surface area (Å²) in [6.45, 7) is 2.09. The van der Waals surface area contributed by atoms with E-state index in [9.17, 15) is 4.79 Å². The van der Waals surface area contributed by atoms with Crippen molar-refractivity contribution in [3.8, 4) is 5.75 Å². The third-order valence-corrected chi connectivity index (χ3v) is 3.87. The van der Waals surface area contributed by atoms with Crippen molar-refractivity contribution in [2.45, 2.75) is 25.4 Å². The minimum Gasteiger partial charge on any atom is -0.497 e. The fourth-order valence-electron chi connectivity index (χ4n) is 2.50. The van der Waals surface area contributed by atoms with E-state index in [-0.39, 0.29) is 24.5 Å². The summed E-state index contributed by atoms with van der Waals surface area (Å²) in [5, 5.41) is 3.51. The van der Waals surface area contributed by atoms with Gasteiger partial charge in [0, 0.05) is 12.1 Å². The first-order chi connectivity index (χ1) is 11.1. The second kappa shape index (κ2) is 8.34. The predicted molar refractivity (Wildman–Crippen MR) is 90.4 cm³/mol. The third kappa shape index (κ3) is 4.83. The second-order valence-corrected chi connectivity index (χ2v) is 5.41. The number of nitrogens with one attached hydrogen (secondary N) is 1. The van der Waals surface area contributed by atoms with Crippen molar-refractivity contribution in [1.82, 2.24) is 5.32 Å². The van der Waals surface area contributed by atoms with Crippen LogP contribution in [0.1, 0.15) is 36.6 Å². The number of rotatable bonds is 7. The van der Waals surface area contributed by atoms with Crippen molar-refractivity contribution >= 4 is 5.97 Å². The Hall–Kier alpha value is -2.33. The molecule has 0 spiro atoms. The molecule has 0 aliphatic heterocycles. The van der Waals surface area contributed by atoms with Crippen LogP contribution in [-0.4, -0.2) is 20.2 Å². The van der Waals surface area contributed by atoms with Crippen molar-refractivity contribution in [1.29, 1.82) is 0 Å². The fourth-order valence-corrected chi connectivity index (χ4v) is 2.50. The molecule has 2 aromatic carbocycles. The first kappa shape index (κ1) is 17.0. The zero-order chi connectivity index (χ0) is 16.7. The predicted octanol–water partition coefficient (Wildman–Crippen LogP) is 3.65. The summed E-state index contributed by atoms with van der Waals surface area (Å²) in [6, 6.07) is 17.9. The number of ether oxygens (including phenoxy) is 2. The van der Waals surface area contributed by atoms with E-state index in [0.717, 1.165) is 11.3 Å². The van der Waals surface area contributed by atoms with E-state index in [0.29, 0.717) is 0 Å². The highest BCUT2D eigenvalue weighted by Gasteiger charge is 2.19. The Bertz CT molecular complexity index is 610. The van der Waals surface area contributed by atoms with Crippen LogP contribution in [0.2, 0.25) is 0 Å². The van der Waals surface area contributed by atoms with Gasteiger partial charge >= 0.3 is 5.97 Å². The lowest BCUT2D eigenvalue weighted by molar-refractivity contribution is -0.141. The average molecular weight is 313 g/mol. The van der Waals surface area contributed by atoms with E-state index in [4.69, 9.17) is 9.47 Å². The lowest BCUT2D eigenvalue weighted by Gasteiger charge is -2.23. The maximum absolute atomic E-state index is 11.7. The lowest BCUT2D eigenvalue weighted by atomic mass is 10.0. The van der Waals surface area contributed by atoms with Gasteiger partial charge in [-0.2, -0.15) is 0 Å². The zero-order valence-electron chi connectivity index (χ0n) is 13.8. The molecule has 4 nitrogen and oxygen atoms in total. The molecule has 0 aliphatic carbocycles. The smallest absolute Gasteiger partial charge is 0.307 e. The topological polar surface area (TPSA) is 47.6 Å². The van der Waals surface area contributed by atoms with Crippen LogP contribution in [-0.2, 0) is 9.53 Å². The Morgan fingerprint density at radius 3 is 2.22 bits per heavy atom. The van der Waals surface area contributed by atoms with Gasteiger partial charge in [-0.25, -0.2) is 0 Å². The molecular formula is C19H23NO3. The summed E-state index contributed by atoms with van der Waals surface area (Å²) in [5.74, 6) is 0.556. The van der Waals surface area contributed by atoms with E-state index >= 15 is 0 Å². The number of esters is 1. The first-order valence-corrected chi connectivity index (χ1v) is 7.65. The van der Waals surface area contributed by atoms with Crippen LogP contribution >= 0.6 is 0 Å². The average Bonchev–Trinajstić information content (AvgIpc) is 2.61. The molecule has 0 saturated heterocycles. The van der Waals surface area contributed by atoms with Crippen LogP contribution < -0.4 is 10.1 Å². The van der Waals surface area contributed by atoms with Crippen molar-refractivity contribution in [3.63, 3.8) is 0 Å². The van der Waals surface area contributed by atoms with Crippen molar-refractivity contribution < 1.29 is 14.3 Å². The van der Waals surface area contributed by atoms with Gasteiger partial charge in [0.25, 0.3) is 0 Å². The summed E-state index contributed by atoms with van der Waals surface area (Å²) in [4.78, 5) is 11.7. The molecule has 0 saturated carbocycles. The molecule has 2 rings (SSSR count). The molecule has 122 valence electrons. The van der Waals surface area contributed by atoms with Crippen LogP contribution in [0.3, 0.4) is 0 Å². The standard InChI is InChI=1S/C19H23NO3/c1-14(15-7-5-4-6-8-15)20-18(13-19(21)23-3)16-9-11-17(22-2)12-10-16/h4-12,14,18,20H,13H2,1-3H3/t14-,18-/m1/s1. The summed E-state index contributed by atoms with van der Waals surface area (Å²) in [6.07, 6.45) is 0.278. The molecular weight excluding hydrogens is 290 g/mol. The van der Waals surface area contributed by atoms with Gasteiger partial charge in [-0.05, 0) is 30.2 Å². The molecule has 0 fully saturated rings. The van der Waals surface area contributed by atoms with Crippen LogP contribution in [0, 0.1) is 0 Å². The van der Waals surface area contributed by atoms with Crippen molar-refractivity contribution in [2.24, 2.45) is 0 Å². The van der Waals surface area contributed by atoms with Crippen LogP contribution in [0.15, 0.2) is 54.6 Å². The Morgan fingerprint density at radius 2 is 1.65 bits per heavy atom. The highest BCUT2D eigenvalue weighted by atomic mass is 16.5.